The van der Waals surface area contributed by atoms with Crippen molar-refractivity contribution >= 4 is 17.2 Å². The Labute approximate surface area is 195 Å². The van der Waals surface area contributed by atoms with Crippen molar-refractivity contribution in [1.82, 2.24) is 19.4 Å². The third-order valence-electron chi connectivity index (χ3n) is 5.60. The summed E-state index contributed by atoms with van der Waals surface area (Å²) in [4.78, 5) is 25.5. The second-order valence-electron chi connectivity index (χ2n) is 7.96. The average Bonchev–Trinajstić information content (AvgIpc) is 3.15. The Hall–Kier alpha value is -4.72. The van der Waals surface area contributed by atoms with E-state index in [2.05, 4.69) is 15.0 Å². The third kappa shape index (κ3) is 3.71. The Bertz CT molecular complexity index is 1540. The van der Waals surface area contributed by atoms with Gasteiger partial charge in [0.25, 0.3) is 5.91 Å². The molecular formula is C26H22N6O2. The zero-order valence-corrected chi connectivity index (χ0v) is 18.7. The maximum absolute atomic E-state index is 12.6. The smallest absolute Gasteiger partial charge is 0.251 e. The normalized spacial score (nSPS) is 11.0. The fourth-order valence-electron chi connectivity index (χ4n) is 4.11. The van der Waals surface area contributed by atoms with E-state index in [9.17, 15) is 4.79 Å². The molecule has 5 rings (SSSR count). The number of ether oxygens (including phenoxy) is 1. The van der Waals surface area contributed by atoms with Crippen LogP contribution in [0.5, 0.6) is 11.6 Å². The van der Waals surface area contributed by atoms with Crippen molar-refractivity contribution in [3.05, 3.63) is 90.1 Å². The van der Waals surface area contributed by atoms with Gasteiger partial charge in [0.15, 0.2) is 0 Å². The Balaban J connectivity index is 1.70. The predicted octanol–water partition coefficient (Wildman–Crippen LogP) is 4.55. The number of primary amides is 1. The molecular weight excluding hydrogens is 428 g/mol. The Morgan fingerprint density at radius 2 is 1.85 bits per heavy atom. The fraction of sp³-hybridized carbons (Fsp3) is 0.0769. The first-order valence-corrected chi connectivity index (χ1v) is 10.6. The summed E-state index contributed by atoms with van der Waals surface area (Å²) in [5.74, 6) is 1.01. The summed E-state index contributed by atoms with van der Waals surface area (Å²) in [5, 5.41) is 0. The van der Waals surface area contributed by atoms with Crippen molar-refractivity contribution in [2.75, 3.05) is 5.73 Å². The highest BCUT2D eigenvalue weighted by atomic mass is 16.5. The van der Waals surface area contributed by atoms with Crippen molar-refractivity contribution in [3.63, 3.8) is 0 Å². The number of nitrogen functional groups attached to an aromatic ring is 1. The molecule has 0 bridgehead atoms. The molecule has 34 heavy (non-hydrogen) atoms. The molecule has 8 heteroatoms. The van der Waals surface area contributed by atoms with E-state index in [1.54, 1.807) is 36.9 Å². The average molecular weight is 451 g/mol. The standard InChI is InChI=1S/C26H22N6O2/c1-15-12-21(27)30-13-19(15)25-23(24(26(28)33)20-14-29-10-11-32(20)25)17-6-8-18(9-7-17)34-22-5-3-4-16(2)31-22/h3-14H,1-2H3,(H2,27,30)(H2,28,33). The number of aromatic nitrogens is 4. The largest absolute Gasteiger partial charge is 0.439 e. The van der Waals surface area contributed by atoms with Gasteiger partial charge in [-0.05, 0) is 49.2 Å². The molecule has 5 aromatic rings. The van der Waals surface area contributed by atoms with E-state index in [4.69, 9.17) is 16.2 Å². The third-order valence-corrected chi connectivity index (χ3v) is 5.60. The summed E-state index contributed by atoms with van der Waals surface area (Å²) in [6.07, 6.45) is 6.81. The van der Waals surface area contributed by atoms with Crippen molar-refractivity contribution in [2.45, 2.75) is 13.8 Å². The number of nitrogens with zero attached hydrogens (tertiary/aromatic N) is 4. The lowest BCUT2D eigenvalue weighted by Crippen LogP contribution is -2.11. The van der Waals surface area contributed by atoms with Gasteiger partial charge >= 0.3 is 0 Å². The number of carbonyl (C=O) groups is 1. The van der Waals surface area contributed by atoms with Gasteiger partial charge < -0.3 is 20.6 Å². The number of aryl methyl sites for hydroxylation is 2. The van der Waals surface area contributed by atoms with E-state index in [-0.39, 0.29) is 0 Å². The lowest BCUT2D eigenvalue weighted by molar-refractivity contribution is 0.100. The molecule has 0 aliphatic carbocycles. The van der Waals surface area contributed by atoms with Crippen molar-refractivity contribution in [3.8, 4) is 34.0 Å². The quantitative estimate of drug-likeness (QED) is 0.405. The maximum Gasteiger partial charge on any atom is 0.251 e. The molecule has 0 radical (unpaired) electrons. The molecule has 0 aliphatic rings. The minimum absolute atomic E-state index is 0.383. The topological polar surface area (TPSA) is 121 Å². The van der Waals surface area contributed by atoms with Gasteiger partial charge in [-0.3, -0.25) is 9.78 Å². The van der Waals surface area contributed by atoms with Gasteiger partial charge in [-0.25, -0.2) is 9.97 Å². The summed E-state index contributed by atoms with van der Waals surface area (Å²) in [6, 6.07) is 14.9. The van der Waals surface area contributed by atoms with Crippen LogP contribution in [-0.4, -0.2) is 25.3 Å². The number of hydrogen-bond acceptors (Lipinski definition) is 6. The maximum atomic E-state index is 12.6. The molecule has 4 aromatic heterocycles. The number of amides is 1. The zero-order chi connectivity index (χ0) is 23.8. The number of fused-ring (bicyclic) bond motifs is 1. The van der Waals surface area contributed by atoms with E-state index in [0.29, 0.717) is 34.1 Å². The monoisotopic (exact) mass is 450 g/mol. The number of anilines is 1. The number of carbonyl (C=O) groups excluding carboxylic acids is 1. The van der Waals surface area contributed by atoms with Crippen molar-refractivity contribution in [2.24, 2.45) is 5.73 Å². The van der Waals surface area contributed by atoms with Crippen LogP contribution >= 0.6 is 0 Å². The number of benzene rings is 1. The molecule has 0 aliphatic heterocycles. The number of rotatable bonds is 5. The highest BCUT2D eigenvalue weighted by Crippen LogP contribution is 2.40. The Kier molecular flexibility index (Phi) is 5.18. The molecule has 8 nitrogen and oxygen atoms in total. The SMILES string of the molecule is Cc1cccc(Oc2ccc(-c3c(C(N)=O)c4cnccn4c3-c3cnc(N)cc3C)cc2)n1. The van der Waals surface area contributed by atoms with Crippen LogP contribution in [0.2, 0.25) is 0 Å². The number of pyridine rings is 2. The van der Waals surface area contributed by atoms with Crippen molar-refractivity contribution in [1.29, 1.82) is 0 Å². The van der Waals surface area contributed by atoms with Crippen molar-refractivity contribution < 1.29 is 9.53 Å². The Morgan fingerprint density at radius 1 is 1.06 bits per heavy atom. The first kappa shape index (κ1) is 21.1. The van der Waals surface area contributed by atoms with Crippen LogP contribution in [0.3, 0.4) is 0 Å². The summed E-state index contributed by atoms with van der Waals surface area (Å²) >= 11 is 0. The highest BCUT2D eigenvalue weighted by molar-refractivity contribution is 6.10. The van der Waals surface area contributed by atoms with E-state index in [0.717, 1.165) is 28.1 Å². The molecule has 0 saturated heterocycles. The molecule has 1 aromatic carbocycles. The van der Waals surface area contributed by atoms with Gasteiger partial charge in [0.1, 0.15) is 11.6 Å². The van der Waals surface area contributed by atoms with E-state index >= 15 is 0 Å². The lowest BCUT2D eigenvalue weighted by atomic mass is 9.96. The molecule has 0 spiro atoms. The second-order valence-corrected chi connectivity index (χ2v) is 7.96. The number of hydrogen-bond donors (Lipinski definition) is 2. The minimum atomic E-state index is -0.544. The summed E-state index contributed by atoms with van der Waals surface area (Å²) in [6.45, 7) is 3.86. The van der Waals surface area contributed by atoms with Crippen LogP contribution in [0, 0.1) is 13.8 Å². The van der Waals surface area contributed by atoms with Crippen LogP contribution in [0.25, 0.3) is 27.9 Å². The van der Waals surface area contributed by atoms with Gasteiger partial charge in [0.2, 0.25) is 5.88 Å². The highest BCUT2D eigenvalue weighted by Gasteiger charge is 2.25. The molecule has 4 N–H and O–H groups in total. The predicted molar refractivity (Wildman–Crippen MR) is 131 cm³/mol. The van der Waals surface area contributed by atoms with E-state index < -0.39 is 5.91 Å². The van der Waals surface area contributed by atoms with Crippen LogP contribution in [-0.2, 0) is 0 Å². The van der Waals surface area contributed by atoms with Gasteiger partial charge in [0.05, 0.1) is 23.0 Å². The first-order valence-electron chi connectivity index (χ1n) is 10.6. The zero-order valence-electron chi connectivity index (χ0n) is 18.7. The molecule has 0 atom stereocenters. The molecule has 0 fully saturated rings. The first-order chi connectivity index (χ1) is 16.4. The summed E-state index contributed by atoms with van der Waals surface area (Å²) < 4.78 is 7.80. The summed E-state index contributed by atoms with van der Waals surface area (Å²) in [5.41, 5.74) is 17.6. The molecule has 168 valence electrons. The fourth-order valence-corrected chi connectivity index (χ4v) is 4.11. The lowest BCUT2D eigenvalue weighted by Gasteiger charge is -2.12. The van der Waals surface area contributed by atoms with Crippen LogP contribution in [0.15, 0.2) is 73.3 Å². The Morgan fingerprint density at radius 3 is 2.56 bits per heavy atom. The van der Waals surface area contributed by atoms with Gasteiger partial charge in [0, 0.05) is 41.5 Å². The second kappa shape index (κ2) is 8.32. The molecule has 1 amide bonds. The molecule has 4 heterocycles. The van der Waals surface area contributed by atoms with Gasteiger partial charge in [-0.2, -0.15) is 0 Å². The van der Waals surface area contributed by atoms with E-state index in [1.807, 2.05) is 54.6 Å². The molecule has 0 unspecified atom stereocenters. The van der Waals surface area contributed by atoms with Crippen LogP contribution < -0.4 is 16.2 Å². The minimum Gasteiger partial charge on any atom is -0.439 e. The van der Waals surface area contributed by atoms with Gasteiger partial charge in [-0.15, -0.1) is 0 Å². The summed E-state index contributed by atoms with van der Waals surface area (Å²) in [7, 11) is 0. The van der Waals surface area contributed by atoms with E-state index in [1.165, 1.54) is 0 Å². The van der Waals surface area contributed by atoms with Crippen LogP contribution in [0.4, 0.5) is 5.82 Å². The van der Waals surface area contributed by atoms with Crippen LogP contribution in [0.1, 0.15) is 21.6 Å². The van der Waals surface area contributed by atoms with Gasteiger partial charge in [-0.1, -0.05) is 18.2 Å². The number of nitrogens with two attached hydrogens (primary N) is 2. The molecule has 0 saturated carbocycles.